The Morgan fingerprint density at radius 2 is 2.50 bits per heavy atom. The molecule has 0 saturated heterocycles. The van der Waals surface area contributed by atoms with E-state index in [0.717, 1.165) is 29.0 Å². The normalized spacial score (nSPS) is 17.8. The maximum Gasteiger partial charge on any atom is 0.272 e. The first kappa shape index (κ1) is 13.3. The zero-order valence-electron chi connectivity index (χ0n) is 11.3. The number of aliphatic hydroxyl groups excluding tert-OH is 1. The lowest BCUT2D eigenvalue weighted by molar-refractivity contribution is 0.0943. The summed E-state index contributed by atoms with van der Waals surface area (Å²) in [5, 5.41) is 19.0. The van der Waals surface area contributed by atoms with Crippen LogP contribution in [0.25, 0.3) is 0 Å². The van der Waals surface area contributed by atoms with E-state index >= 15 is 0 Å². The van der Waals surface area contributed by atoms with Crippen molar-refractivity contribution >= 4 is 17.2 Å². The van der Waals surface area contributed by atoms with E-state index in [1.54, 1.807) is 16.0 Å². The highest BCUT2D eigenvalue weighted by Gasteiger charge is 2.27. The Balaban J connectivity index is 1.78. The summed E-state index contributed by atoms with van der Waals surface area (Å²) in [5.41, 5.74) is 2.42. The highest BCUT2D eigenvalue weighted by atomic mass is 32.1. The van der Waals surface area contributed by atoms with Crippen LogP contribution in [0.2, 0.25) is 0 Å². The number of carbonyl (C=O) groups excluding carboxylic acids is 1. The van der Waals surface area contributed by atoms with Crippen molar-refractivity contribution in [3.05, 3.63) is 39.3 Å². The van der Waals surface area contributed by atoms with Crippen LogP contribution in [0, 0.1) is 0 Å². The van der Waals surface area contributed by atoms with Gasteiger partial charge in [-0.25, -0.2) is 0 Å². The number of amides is 1. The number of hydrogen-bond acceptors (Lipinski definition) is 4. The molecule has 0 spiro atoms. The van der Waals surface area contributed by atoms with Crippen LogP contribution in [-0.4, -0.2) is 26.9 Å². The molecule has 0 aliphatic heterocycles. The molecule has 1 aliphatic rings. The summed E-state index contributed by atoms with van der Waals surface area (Å²) < 4.78 is 1.77. The van der Waals surface area contributed by atoms with E-state index in [1.807, 2.05) is 24.6 Å². The number of nitrogens with one attached hydrogen (secondary N) is 1. The first-order valence-corrected chi connectivity index (χ1v) is 7.56. The molecule has 0 bridgehead atoms. The topological polar surface area (TPSA) is 67.2 Å². The molecule has 106 valence electrons. The van der Waals surface area contributed by atoms with Gasteiger partial charge in [0.25, 0.3) is 5.91 Å². The van der Waals surface area contributed by atoms with Crippen LogP contribution in [0.4, 0.5) is 0 Å². The van der Waals surface area contributed by atoms with Crippen molar-refractivity contribution in [2.75, 3.05) is 0 Å². The number of aliphatic hydroxyl groups is 1. The number of nitrogens with zero attached hydrogens (tertiary/aromatic N) is 2. The van der Waals surface area contributed by atoms with Crippen molar-refractivity contribution in [2.24, 2.45) is 7.05 Å². The number of thiophene rings is 1. The molecule has 20 heavy (non-hydrogen) atoms. The quantitative estimate of drug-likeness (QED) is 0.894. The molecule has 2 aromatic rings. The number of carbonyl (C=O) groups is 1. The summed E-state index contributed by atoms with van der Waals surface area (Å²) in [7, 11) is 1.85. The van der Waals surface area contributed by atoms with Gasteiger partial charge in [0.2, 0.25) is 0 Å². The minimum absolute atomic E-state index is 0.163. The predicted octanol–water partition coefficient (Wildman–Crippen LogP) is 1.26. The Bertz CT molecular complexity index is 619. The van der Waals surface area contributed by atoms with Gasteiger partial charge in [-0.1, -0.05) is 6.07 Å². The molecule has 2 heterocycles. The molecule has 0 fully saturated rings. The smallest absolute Gasteiger partial charge is 0.272 e. The molecule has 0 radical (unpaired) electrons. The summed E-state index contributed by atoms with van der Waals surface area (Å²) >= 11 is 1.61. The van der Waals surface area contributed by atoms with Crippen LogP contribution in [0.5, 0.6) is 0 Å². The van der Waals surface area contributed by atoms with E-state index in [4.69, 9.17) is 0 Å². The van der Waals surface area contributed by atoms with Gasteiger partial charge in [-0.2, -0.15) is 5.10 Å². The highest BCUT2D eigenvalue weighted by molar-refractivity contribution is 7.09. The van der Waals surface area contributed by atoms with Gasteiger partial charge in [0.15, 0.2) is 5.69 Å². The van der Waals surface area contributed by atoms with Gasteiger partial charge in [-0.05, 0) is 24.3 Å². The number of rotatable bonds is 3. The van der Waals surface area contributed by atoms with Crippen molar-refractivity contribution < 1.29 is 9.90 Å². The fourth-order valence-electron chi connectivity index (χ4n) is 2.62. The zero-order valence-corrected chi connectivity index (χ0v) is 12.1. The third kappa shape index (κ3) is 2.48. The lowest BCUT2D eigenvalue weighted by atomic mass is 9.93. The molecule has 1 aliphatic carbocycles. The third-order valence-corrected chi connectivity index (χ3v) is 4.52. The fourth-order valence-corrected chi connectivity index (χ4v) is 3.26. The summed E-state index contributed by atoms with van der Waals surface area (Å²) in [4.78, 5) is 13.4. The molecular weight excluding hydrogens is 274 g/mol. The average molecular weight is 291 g/mol. The van der Waals surface area contributed by atoms with E-state index in [9.17, 15) is 9.90 Å². The first-order valence-electron chi connectivity index (χ1n) is 6.68. The van der Waals surface area contributed by atoms with Crippen molar-refractivity contribution in [1.29, 1.82) is 0 Å². The third-order valence-electron chi connectivity index (χ3n) is 3.65. The van der Waals surface area contributed by atoms with Gasteiger partial charge in [-0.15, -0.1) is 11.3 Å². The zero-order chi connectivity index (χ0) is 14.1. The van der Waals surface area contributed by atoms with Crippen LogP contribution in [-0.2, 0) is 26.4 Å². The van der Waals surface area contributed by atoms with E-state index in [0.29, 0.717) is 18.7 Å². The Kier molecular flexibility index (Phi) is 3.58. The maximum atomic E-state index is 12.3. The van der Waals surface area contributed by atoms with Gasteiger partial charge in [0, 0.05) is 29.6 Å². The first-order chi connectivity index (χ1) is 9.65. The Hall–Kier alpha value is -1.66. The number of aromatic nitrogens is 2. The van der Waals surface area contributed by atoms with Gasteiger partial charge < -0.3 is 10.4 Å². The second kappa shape index (κ2) is 5.38. The molecule has 0 saturated carbocycles. The molecule has 2 aromatic heterocycles. The Morgan fingerprint density at radius 1 is 1.65 bits per heavy atom. The summed E-state index contributed by atoms with van der Waals surface area (Å²) in [6, 6.07) is 3.95. The second-order valence-corrected chi connectivity index (χ2v) is 6.09. The number of fused-ring (bicyclic) bond motifs is 1. The maximum absolute atomic E-state index is 12.3. The monoisotopic (exact) mass is 291 g/mol. The van der Waals surface area contributed by atoms with Crippen LogP contribution < -0.4 is 5.32 Å². The SMILES string of the molecule is Cn1nc(C(=O)NCc2cccs2)c2c1CCC(O)C2. The standard InChI is InChI=1S/C14H17N3O2S/c1-17-12-5-4-9(18)7-11(12)13(16-17)14(19)15-8-10-3-2-6-20-10/h2-3,6,9,18H,4-5,7-8H2,1H3,(H,15,19). The summed E-state index contributed by atoms with van der Waals surface area (Å²) in [6.07, 6.45) is 1.67. The molecule has 6 heteroatoms. The lowest BCUT2D eigenvalue weighted by Crippen LogP contribution is -2.26. The molecular formula is C14H17N3O2S. The van der Waals surface area contributed by atoms with Crippen molar-refractivity contribution in [3.8, 4) is 0 Å². The Morgan fingerprint density at radius 3 is 3.25 bits per heavy atom. The molecule has 5 nitrogen and oxygen atoms in total. The molecule has 0 aromatic carbocycles. The van der Waals surface area contributed by atoms with Crippen LogP contribution >= 0.6 is 11.3 Å². The van der Waals surface area contributed by atoms with E-state index in [2.05, 4.69) is 10.4 Å². The number of aryl methyl sites for hydroxylation is 1. The van der Waals surface area contributed by atoms with Crippen molar-refractivity contribution in [1.82, 2.24) is 15.1 Å². The average Bonchev–Trinajstić information content (AvgIpc) is 3.04. The van der Waals surface area contributed by atoms with Crippen molar-refractivity contribution in [2.45, 2.75) is 31.9 Å². The molecule has 3 rings (SSSR count). The number of hydrogen-bond donors (Lipinski definition) is 2. The summed E-state index contributed by atoms with van der Waals surface area (Å²) in [6.45, 7) is 0.518. The second-order valence-electron chi connectivity index (χ2n) is 5.06. The van der Waals surface area contributed by atoms with E-state index < -0.39 is 0 Å². The molecule has 2 N–H and O–H groups in total. The summed E-state index contributed by atoms with van der Waals surface area (Å²) in [5.74, 6) is -0.163. The van der Waals surface area contributed by atoms with Crippen LogP contribution in [0.1, 0.15) is 33.0 Å². The molecule has 1 atom stereocenters. The van der Waals surface area contributed by atoms with Gasteiger partial charge in [0.05, 0.1) is 12.6 Å². The minimum atomic E-state index is -0.365. The van der Waals surface area contributed by atoms with E-state index in [1.165, 1.54) is 0 Å². The molecule has 1 unspecified atom stereocenters. The van der Waals surface area contributed by atoms with Crippen molar-refractivity contribution in [3.63, 3.8) is 0 Å². The van der Waals surface area contributed by atoms with Gasteiger partial charge in [-0.3, -0.25) is 9.48 Å². The highest BCUT2D eigenvalue weighted by Crippen LogP contribution is 2.24. The van der Waals surface area contributed by atoms with Crippen LogP contribution in [0.3, 0.4) is 0 Å². The van der Waals surface area contributed by atoms with Gasteiger partial charge in [0.1, 0.15) is 0 Å². The minimum Gasteiger partial charge on any atom is -0.393 e. The van der Waals surface area contributed by atoms with E-state index in [-0.39, 0.29) is 12.0 Å². The Labute approximate surface area is 121 Å². The van der Waals surface area contributed by atoms with Crippen LogP contribution in [0.15, 0.2) is 17.5 Å². The largest absolute Gasteiger partial charge is 0.393 e. The predicted molar refractivity (Wildman–Crippen MR) is 76.7 cm³/mol. The fraction of sp³-hybridized carbons (Fsp3) is 0.429. The molecule has 1 amide bonds. The van der Waals surface area contributed by atoms with Gasteiger partial charge >= 0.3 is 0 Å². The lowest BCUT2D eigenvalue weighted by Gasteiger charge is -2.18.